The fourth-order valence-electron chi connectivity index (χ4n) is 2.23. The topological polar surface area (TPSA) is 50.4 Å². The largest absolute Gasteiger partial charge is 0.378 e. The second kappa shape index (κ2) is 7.26. The van der Waals surface area contributed by atoms with E-state index in [1.165, 1.54) is 5.56 Å². The molecule has 1 aliphatic heterocycles. The molecule has 2 N–H and O–H groups in total. The van der Waals surface area contributed by atoms with Gasteiger partial charge in [0, 0.05) is 12.6 Å². The molecule has 104 valence electrons. The predicted molar refractivity (Wildman–Crippen MR) is 75.0 cm³/mol. The average molecular weight is 262 g/mol. The van der Waals surface area contributed by atoms with Gasteiger partial charge < -0.3 is 15.4 Å². The molecule has 1 aromatic carbocycles. The molecule has 4 nitrogen and oxygen atoms in total. The predicted octanol–water partition coefficient (Wildman–Crippen LogP) is 1.11. The highest BCUT2D eigenvalue weighted by atomic mass is 16.5. The summed E-state index contributed by atoms with van der Waals surface area (Å²) in [7, 11) is 0. The molecule has 0 spiro atoms. The summed E-state index contributed by atoms with van der Waals surface area (Å²) in [6.45, 7) is 3.99. The van der Waals surface area contributed by atoms with E-state index in [1.54, 1.807) is 0 Å². The average Bonchev–Trinajstić information content (AvgIpc) is 2.48. The minimum absolute atomic E-state index is 0.0440. The highest BCUT2D eigenvalue weighted by Crippen LogP contribution is 2.06. The third kappa shape index (κ3) is 4.33. The van der Waals surface area contributed by atoms with E-state index in [9.17, 15) is 4.79 Å². The molecule has 2 atom stereocenters. The van der Waals surface area contributed by atoms with E-state index in [4.69, 9.17) is 4.74 Å². The molecule has 1 amide bonds. The highest BCUT2D eigenvalue weighted by molar-refractivity contribution is 5.82. The van der Waals surface area contributed by atoms with Crippen LogP contribution in [-0.4, -0.2) is 37.7 Å². The van der Waals surface area contributed by atoms with Crippen molar-refractivity contribution in [1.82, 2.24) is 10.6 Å². The van der Waals surface area contributed by atoms with E-state index in [1.807, 2.05) is 18.2 Å². The van der Waals surface area contributed by atoms with Gasteiger partial charge >= 0.3 is 0 Å². The number of amides is 1. The van der Waals surface area contributed by atoms with E-state index in [2.05, 4.69) is 29.7 Å². The van der Waals surface area contributed by atoms with Crippen molar-refractivity contribution in [2.45, 2.75) is 31.8 Å². The first-order valence-electron chi connectivity index (χ1n) is 6.95. The zero-order valence-electron chi connectivity index (χ0n) is 11.4. The van der Waals surface area contributed by atoms with Crippen molar-refractivity contribution in [2.75, 3.05) is 19.8 Å². The van der Waals surface area contributed by atoms with Gasteiger partial charge in [0.2, 0.25) is 5.91 Å². The van der Waals surface area contributed by atoms with E-state index in [0.29, 0.717) is 13.2 Å². The van der Waals surface area contributed by atoms with Crippen LogP contribution in [0.25, 0.3) is 0 Å². The SMILES string of the molecule is CCC(Cc1ccccc1)NC(=O)C1COCCN1. The lowest BCUT2D eigenvalue weighted by Gasteiger charge is -2.25. The number of hydrogen-bond acceptors (Lipinski definition) is 3. The maximum Gasteiger partial charge on any atom is 0.239 e. The molecule has 0 radical (unpaired) electrons. The van der Waals surface area contributed by atoms with E-state index >= 15 is 0 Å². The van der Waals surface area contributed by atoms with Gasteiger partial charge in [-0.2, -0.15) is 0 Å². The Morgan fingerprint density at radius 2 is 2.26 bits per heavy atom. The van der Waals surface area contributed by atoms with E-state index < -0.39 is 0 Å². The third-order valence-corrected chi connectivity index (χ3v) is 3.40. The molecule has 1 aromatic rings. The molecule has 0 saturated carbocycles. The molecule has 1 aliphatic rings. The second-order valence-electron chi connectivity index (χ2n) is 4.89. The van der Waals surface area contributed by atoms with Crippen LogP contribution in [0.1, 0.15) is 18.9 Å². The maximum atomic E-state index is 12.1. The van der Waals surface area contributed by atoms with Gasteiger partial charge in [-0.15, -0.1) is 0 Å². The molecular formula is C15H22N2O2. The van der Waals surface area contributed by atoms with Crippen molar-refractivity contribution in [1.29, 1.82) is 0 Å². The second-order valence-corrected chi connectivity index (χ2v) is 4.89. The number of rotatable bonds is 5. The Hall–Kier alpha value is -1.39. The van der Waals surface area contributed by atoms with Crippen LogP contribution in [0, 0.1) is 0 Å². The summed E-state index contributed by atoms with van der Waals surface area (Å²) in [5.41, 5.74) is 1.25. The molecule has 0 bridgehead atoms. The fraction of sp³-hybridized carbons (Fsp3) is 0.533. The number of benzene rings is 1. The van der Waals surface area contributed by atoms with Crippen molar-refractivity contribution >= 4 is 5.91 Å². The summed E-state index contributed by atoms with van der Waals surface area (Å²) in [6.07, 6.45) is 1.80. The third-order valence-electron chi connectivity index (χ3n) is 3.40. The van der Waals surface area contributed by atoms with Gasteiger partial charge in [-0.05, 0) is 18.4 Å². The Morgan fingerprint density at radius 1 is 1.47 bits per heavy atom. The normalized spacial score (nSPS) is 20.8. The first kappa shape index (κ1) is 14.0. The van der Waals surface area contributed by atoms with Crippen molar-refractivity contribution in [3.63, 3.8) is 0 Å². The Labute approximate surface area is 114 Å². The molecule has 1 saturated heterocycles. The van der Waals surface area contributed by atoms with Crippen molar-refractivity contribution in [2.24, 2.45) is 0 Å². The Morgan fingerprint density at radius 3 is 2.89 bits per heavy atom. The first-order chi connectivity index (χ1) is 9.29. The molecule has 0 aromatic heterocycles. The van der Waals surface area contributed by atoms with Gasteiger partial charge in [-0.3, -0.25) is 4.79 Å². The Balaban J connectivity index is 1.86. The zero-order valence-corrected chi connectivity index (χ0v) is 11.4. The number of hydrogen-bond donors (Lipinski definition) is 2. The number of nitrogens with one attached hydrogen (secondary N) is 2. The quantitative estimate of drug-likeness (QED) is 0.836. The van der Waals surface area contributed by atoms with Crippen LogP contribution in [0.4, 0.5) is 0 Å². The molecule has 1 fully saturated rings. The fourth-order valence-corrected chi connectivity index (χ4v) is 2.23. The Kier molecular flexibility index (Phi) is 5.36. The monoisotopic (exact) mass is 262 g/mol. The lowest BCUT2D eigenvalue weighted by atomic mass is 10.0. The van der Waals surface area contributed by atoms with Crippen molar-refractivity contribution in [3.8, 4) is 0 Å². The van der Waals surface area contributed by atoms with Crippen LogP contribution in [0.3, 0.4) is 0 Å². The minimum Gasteiger partial charge on any atom is -0.378 e. The van der Waals surface area contributed by atoms with Gasteiger partial charge in [0.1, 0.15) is 6.04 Å². The smallest absolute Gasteiger partial charge is 0.239 e. The molecule has 0 aliphatic carbocycles. The Bertz CT molecular complexity index is 388. The van der Waals surface area contributed by atoms with Gasteiger partial charge in [-0.25, -0.2) is 0 Å². The minimum atomic E-state index is -0.210. The van der Waals surface area contributed by atoms with E-state index in [-0.39, 0.29) is 18.0 Å². The maximum absolute atomic E-state index is 12.1. The van der Waals surface area contributed by atoms with E-state index in [0.717, 1.165) is 19.4 Å². The molecule has 1 heterocycles. The van der Waals surface area contributed by atoms with Crippen molar-refractivity contribution in [3.05, 3.63) is 35.9 Å². The summed E-state index contributed by atoms with van der Waals surface area (Å²) in [5, 5.41) is 6.28. The van der Waals surface area contributed by atoms with Crippen LogP contribution in [0.2, 0.25) is 0 Å². The molecule has 2 unspecified atom stereocenters. The van der Waals surface area contributed by atoms with Gasteiger partial charge in [0.05, 0.1) is 13.2 Å². The summed E-state index contributed by atoms with van der Waals surface area (Å²) in [6, 6.07) is 10.2. The van der Waals surface area contributed by atoms with Gasteiger partial charge in [0.25, 0.3) is 0 Å². The summed E-state index contributed by atoms with van der Waals surface area (Å²) in [5.74, 6) is 0.0440. The number of carbonyl (C=O) groups excluding carboxylic acids is 1. The van der Waals surface area contributed by atoms with Crippen molar-refractivity contribution < 1.29 is 9.53 Å². The summed E-state index contributed by atoms with van der Waals surface area (Å²) < 4.78 is 5.31. The lowest BCUT2D eigenvalue weighted by Crippen LogP contribution is -2.53. The summed E-state index contributed by atoms with van der Waals surface area (Å²) in [4.78, 5) is 12.1. The first-order valence-corrected chi connectivity index (χ1v) is 6.95. The zero-order chi connectivity index (χ0) is 13.5. The molecule has 19 heavy (non-hydrogen) atoms. The number of morpholine rings is 1. The van der Waals surface area contributed by atoms with Crippen LogP contribution >= 0.6 is 0 Å². The molecular weight excluding hydrogens is 240 g/mol. The van der Waals surface area contributed by atoms with Crippen LogP contribution in [-0.2, 0) is 16.0 Å². The number of ether oxygens (including phenoxy) is 1. The van der Waals surface area contributed by atoms with Gasteiger partial charge in [0.15, 0.2) is 0 Å². The summed E-state index contributed by atoms with van der Waals surface area (Å²) >= 11 is 0. The lowest BCUT2D eigenvalue weighted by molar-refractivity contribution is -0.126. The van der Waals surface area contributed by atoms with Crippen LogP contribution < -0.4 is 10.6 Å². The molecule has 4 heteroatoms. The standard InChI is InChI=1S/C15H22N2O2/c1-2-13(10-12-6-4-3-5-7-12)17-15(18)14-11-19-9-8-16-14/h3-7,13-14,16H,2,8-11H2,1H3,(H,17,18). The van der Waals surface area contributed by atoms with Crippen LogP contribution in [0.15, 0.2) is 30.3 Å². The molecule has 2 rings (SSSR count). The van der Waals surface area contributed by atoms with Crippen LogP contribution in [0.5, 0.6) is 0 Å². The van der Waals surface area contributed by atoms with Gasteiger partial charge in [-0.1, -0.05) is 37.3 Å². The highest BCUT2D eigenvalue weighted by Gasteiger charge is 2.22. The number of carbonyl (C=O) groups is 1.